The lowest BCUT2D eigenvalue weighted by molar-refractivity contribution is -0.137. The van der Waals surface area contributed by atoms with Gasteiger partial charge in [0.15, 0.2) is 0 Å². The molecule has 0 amide bonds. The van der Waals surface area contributed by atoms with Crippen LogP contribution < -0.4 is 10.6 Å². The minimum atomic E-state index is -0.853. The molecule has 5 nitrogen and oxygen atoms in total. The maximum atomic E-state index is 11.7. The maximum absolute atomic E-state index is 11.7. The van der Waals surface area contributed by atoms with Crippen LogP contribution in [0, 0.1) is 0 Å². The normalized spacial score (nSPS) is 18.5. The molecule has 1 aliphatic heterocycles. The minimum Gasteiger partial charge on any atom is -0.480 e. The molecular formula is C20H24N2O3. The molecule has 1 heterocycles. The smallest absolute Gasteiger partial charge is 0.326 e. The molecule has 2 aromatic rings. The molecule has 1 saturated heterocycles. The monoisotopic (exact) mass is 340 g/mol. The fourth-order valence-electron chi connectivity index (χ4n) is 3.07. The number of anilines is 1. The van der Waals surface area contributed by atoms with Crippen molar-refractivity contribution in [3.63, 3.8) is 0 Å². The minimum absolute atomic E-state index is 0.120. The van der Waals surface area contributed by atoms with E-state index in [-0.39, 0.29) is 6.10 Å². The van der Waals surface area contributed by atoms with Gasteiger partial charge >= 0.3 is 5.97 Å². The number of carboxylic acids is 1. The summed E-state index contributed by atoms with van der Waals surface area (Å²) in [6.07, 6.45) is 1.31. The number of carbonyl (C=O) groups is 1. The first-order chi connectivity index (χ1) is 12.2. The molecule has 0 bridgehead atoms. The Labute approximate surface area is 148 Å². The molecule has 2 aromatic carbocycles. The van der Waals surface area contributed by atoms with Gasteiger partial charge in [0.2, 0.25) is 0 Å². The van der Waals surface area contributed by atoms with E-state index >= 15 is 0 Å². The number of ether oxygens (including phenoxy) is 1. The van der Waals surface area contributed by atoms with Gasteiger partial charge in [-0.15, -0.1) is 0 Å². The van der Waals surface area contributed by atoms with Crippen LogP contribution in [0.5, 0.6) is 0 Å². The fraction of sp³-hybridized carbons (Fsp3) is 0.350. The second kappa shape index (κ2) is 8.65. The molecule has 1 unspecified atom stereocenters. The molecule has 0 radical (unpaired) electrons. The van der Waals surface area contributed by atoms with Crippen molar-refractivity contribution >= 4 is 11.7 Å². The van der Waals surface area contributed by atoms with E-state index in [1.807, 2.05) is 54.6 Å². The highest BCUT2D eigenvalue weighted by Crippen LogP contribution is 2.20. The van der Waals surface area contributed by atoms with Crippen LogP contribution >= 0.6 is 0 Å². The van der Waals surface area contributed by atoms with Gasteiger partial charge in [-0.1, -0.05) is 48.5 Å². The van der Waals surface area contributed by atoms with Gasteiger partial charge in [-0.25, -0.2) is 4.79 Å². The van der Waals surface area contributed by atoms with Crippen LogP contribution in [0.15, 0.2) is 54.6 Å². The summed E-state index contributed by atoms with van der Waals surface area (Å²) < 4.78 is 5.78. The van der Waals surface area contributed by atoms with Crippen molar-refractivity contribution < 1.29 is 14.6 Å². The van der Waals surface area contributed by atoms with Gasteiger partial charge in [0.05, 0.1) is 12.7 Å². The zero-order valence-corrected chi connectivity index (χ0v) is 14.2. The summed E-state index contributed by atoms with van der Waals surface area (Å²) >= 11 is 0. The molecule has 0 spiro atoms. The molecule has 1 fully saturated rings. The van der Waals surface area contributed by atoms with Crippen molar-refractivity contribution in [2.24, 2.45) is 0 Å². The van der Waals surface area contributed by atoms with Crippen LogP contribution in [-0.4, -0.2) is 42.9 Å². The summed E-state index contributed by atoms with van der Waals surface area (Å²) in [5, 5.41) is 16.1. The van der Waals surface area contributed by atoms with E-state index in [4.69, 9.17) is 4.74 Å². The zero-order valence-electron chi connectivity index (χ0n) is 14.2. The van der Waals surface area contributed by atoms with E-state index < -0.39 is 12.0 Å². The summed E-state index contributed by atoms with van der Waals surface area (Å²) in [6, 6.07) is 16.9. The molecule has 25 heavy (non-hydrogen) atoms. The lowest BCUT2D eigenvalue weighted by Gasteiger charge is -2.25. The Morgan fingerprint density at radius 3 is 2.68 bits per heavy atom. The van der Waals surface area contributed by atoms with Gasteiger partial charge in [0.25, 0.3) is 0 Å². The standard InChI is InChI=1S/C20H24N2O3/c23-20(24)19(12-15-6-2-1-3-7-15)22-18-9-5-4-8-16(18)13-17-14-21-10-11-25-17/h1-9,17,19,21-22H,10-14H2,(H,23,24)/t17?,19-/m0/s1. The number of hydrogen-bond donors (Lipinski definition) is 3. The summed E-state index contributed by atoms with van der Waals surface area (Å²) in [5.74, 6) is -0.853. The summed E-state index contributed by atoms with van der Waals surface area (Å²) in [5.41, 5.74) is 2.94. The number of morpholine rings is 1. The lowest BCUT2D eigenvalue weighted by atomic mass is 10.0. The number of rotatable bonds is 7. The Morgan fingerprint density at radius 2 is 1.96 bits per heavy atom. The first kappa shape index (κ1) is 17.5. The molecule has 3 N–H and O–H groups in total. The number of benzene rings is 2. The first-order valence-electron chi connectivity index (χ1n) is 8.66. The van der Waals surface area contributed by atoms with Gasteiger partial charge < -0.3 is 20.5 Å². The Balaban J connectivity index is 1.72. The molecule has 2 atom stereocenters. The molecule has 1 aliphatic rings. The van der Waals surface area contributed by atoms with E-state index in [0.29, 0.717) is 13.0 Å². The summed E-state index contributed by atoms with van der Waals surface area (Å²) in [6.45, 7) is 2.42. The SMILES string of the molecule is O=C(O)[C@H](Cc1ccccc1)Nc1ccccc1CC1CNCCO1. The largest absolute Gasteiger partial charge is 0.480 e. The Hall–Kier alpha value is -2.37. The zero-order chi connectivity index (χ0) is 17.5. The topological polar surface area (TPSA) is 70.6 Å². The van der Waals surface area contributed by atoms with Crippen molar-refractivity contribution in [3.8, 4) is 0 Å². The van der Waals surface area contributed by atoms with E-state index in [1.54, 1.807) is 0 Å². The summed E-state index contributed by atoms with van der Waals surface area (Å²) in [4.78, 5) is 11.7. The number of aliphatic carboxylic acids is 1. The van der Waals surface area contributed by atoms with Crippen molar-refractivity contribution in [2.75, 3.05) is 25.0 Å². The highest BCUT2D eigenvalue weighted by Gasteiger charge is 2.20. The Morgan fingerprint density at radius 1 is 1.20 bits per heavy atom. The average Bonchev–Trinajstić information content (AvgIpc) is 2.64. The van der Waals surface area contributed by atoms with Crippen molar-refractivity contribution in [1.82, 2.24) is 5.32 Å². The second-order valence-electron chi connectivity index (χ2n) is 6.28. The average molecular weight is 340 g/mol. The van der Waals surface area contributed by atoms with Crippen molar-refractivity contribution in [2.45, 2.75) is 25.0 Å². The van der Waals surface area contributed by atoms with E-state index in [9.17, 15) is 9.90 Å². The second-order valence-corrected chi connectivity index (χ2v) is 6.28. The highest BCUT2D eigenvalue weighted by molar-refractivity contribution is 5.78. The van der Waals surface area contributed by atoms with Gasteiger partial charge in [-0.2, -0.15) is 0 Å². The quantitative estimate of drug-likeness (QED) is 0.722. The van der Waals surface area contributed by atoms with Crippen molar-refractivity contribution in [3.05, 3.63) is 65.7 Å². The molecule has 0 saturated carbocycles. The van der Waals surface area contributed by atoms with Gasteiger partial charge in [-0.3, -0.25) is 0 Å². The molecule has 0 aromatic heterocycles. The lowest BCUT2D eigenvalue weighted by Crippen LogP contribution is -2.39. The summed E-state index contributed by atoms with van der Waals surface area (Å²) in [7, 11) is 0. The number of nitrogens with one attached hydrogen (secondary N) is 2. The number of carboxylic acid groups (broad SMARTS) is 1. The van der Waals surface area contributed by atoms with Gasteiger partial charge in [-0.05, 0) is 17.2 Å². The first-order valence-corrected chi connectivity index (χ1v) is 8.66. The Kier molecular flexibility index (Phi) is 6.04. The predicted molar refractivity (Wildman–Crippen MR) is 97.9 cm³/mol. The third-order valence-electron chi connectivity index (χ3n) is 4.38. The van der Waals surface area contributed by atoms with Crippen LogP contribution in [-0.2, 0) is 22.4 Å². The van der Waals surface area contributed by atoms with E-state index in [2.05, 4.69) is 10.6 Å². The van der Waals surface area contributed by atoms with Gasteiger partial charge in [0.1, 0.15) is 6.04 Å². The molecule has 132 valence electrons. The molecule has 0 aliphatic carbocycles. The van der Waals surface area contributed by atoms with Crippen LogP contribution in [0.2, 0.25) is 0 Å². The molecular weight excluding hydrogens is 316 g/mol. The molecule has 5 heteroatoms. The van der Waals surface area contributed by atoms with Gasteiger partial charge in [0, 0.05) is 31.6 Å². The Bertz CT molecular complexity index is 684. The van der Waals surface area contributed by atoms with Crippen LogP contribution in [0.25, 0.3) is 0 Å². The third-order valence-corrected chi connectivity index (χ3v) is 4.38. The number of para-hydroxylation sites is 1. The van der Waals surface area contributed by atoms with Crippen LogP contribution in [0.3, 0.4) is 0 Å². The van der Waals surface area contributed by atoms with Crippen molar-refractivity contribution in [1.29, 1.82) is 0 Å². The highest BCUT2D eigenvalue weighted by atomic mass is 16.5. The maximum Gasteiger partial charge on any atom is 0.326 e. The van der Waals surface area contributed by atoms with Crippen LogP contribution in [0.4, 0.5) is 5.69 Å². The number of hydrogen-bond acceptors (Lipinski definition) is 4. The van der Waals surface area contributed by atoms with Crippen LogP contribution in [0.1, 0.15) is 11.1 Å². The van der Waals surface area contributed by atoms with E-state index in [0.717, 1.165) is 36.3 Å². The molecule has 3 rings (SSSR count). The fourth-order valence-corrected chi connectivity index (χ4v) is 3.07. The van der Waals surface area contributed by atoms with E-state index in [1.165, 1.54) is 0 Å². The third kappa shape index (κ3) is 5.05. The predicted octanol–water partition coefficient (Wildman–Crippen LogP) is 2.33.